The van der Waals surface area contributed by atoms with E-state index in [4.69, 9.17) is 0 Å². The number of aromatic nitrogens is 3. The molecule has 0 aliphatic heterocycles. The van der Waals surface area contributed by atoms with Crippen molar-refractivity contribution in [2.45, 2.75) is 26.8 Å². The average Bonchev–Trinajstić information content (AvgIpc) is 2.83. The van der Waals surface area contributed by atoms with Gasteiger partial charge in [-0.25, -0.2) is 0 Å². The third-order valence-corrected chi connectivity index (χ3v) is 3.26. The predicted octanol–water partition coefficient (Wildman–Crippen LogP) is 2.95. The number of hydrogen-bond donors (Lipinski definition) is 1. The van der Waals surface area contributed by atoms with Crippen LogP contribution >= 0.6 is 15.9 Å². The van der Waals surface area contributed by atoms with Crippen LogP contribution in [0.2, 0.25) is 0 Å². The van der Waals surface area contributed by atoms with Crippen LogP contribution in [-0.4, -0.2) is 20.3 Å². The van der Waals surface area contributed by atoms with E-state index in [1.165, 1.54) is 0 Å². The summed E-state index contributed by atoms with van der Waals surface area (Å²) >= 11 is 3.41. The van der Waals surface area contributed by atoms with Crippen LogP contribution in [0.3, 0.4) is 0 Å². The van der Waals surface area contributed by atoms with Gasteiger partial charge in [0.15, 0.2) is 0 Å². The van der Waals surface area contributed by atoms with Gasteiger partial charge >= 0.3 is 0 Å². The maximum atomic E-state index is 12.3. The lowest BCUT2D eigenvalue weighted by Crippen LogP contribution is -2.17. The number of carbonyl (C=O) groups excluding carboxylic acids is 1. The molecule has 0 aromatic carbocycles. The van der Waals surface area contributed by atoms with E-state index in [9.17, 15) is 4.79 Å². The maximum absolute atomic E-state index is 12.3. The first-order chi connectivity index (χ1) is 9.01. The maximum Gasteiger partial charge on any atom is 0.272 e. The molecular weight excluding hydrogens is 308 g/mol. The van der Waals surface area contributed by atoms with Gasteiger partial charge in [-0.3, -0.25) is 9.48 Å². The lowest BCUT2D eigenvalue weighted by atomic mass is 10.3. The van der Waals surface area contributed by atoms with Gasteiger partial charge in [0.1, 0.15) is 5.69 Å². The zero-order valence-electron chi connectivity index (χ0n) is 11.3. The van der Waals surface area contributed by atoms with E-state index in [1.807, 2.05) is 30.8 Å². The molecule has 0 saturated heterocycles. The van der Waals surface area contributed by atoms with E-state index < -0.39 is 0 Å². The van der Waals surface area contributed by atoms with Gasteiger partial charge in [0.2, 0.25) is 0 Å². The van der Waals surface area contributed by atoms with E-state index in [-0.39, 0.29) is 5.91 Å². The number of rotatable bonds is 4. The number of hydrogen-bond acceptors (Lipinski definition) is 2. The number of aryl methyl sites for hydroxylation is 3. The molecule has 0 aliphatic rings. The van der Waals surface area contributed by atoms with Gasteiger partial charge in [0.05, 0.1) is 11.4 Å². The van der Waals surface area contributed by atoms with Crippen LogP contribution < -0.4 is 5.32 Å². The molecule has 0 radical (unpaired) electrons. The summed E-state index contributed by atoms with van der Waals surface area (Å²) in [6.07, 6.45) is 4.71. The Hall–Kier alpha value is -1.56. The lowest BCUT2D eigenvalue weighted by Gasteiger charge is -2.07. The standard InChI is InChI=1S/C13H17BrN4O/c1-4-5-18-7-10(14)6-12(18)13(19)15-11-8-17(3)16-9(11)2/h6-8H,4-5H2,1-3H3,(H,15,19). The molecule has 2 aromatic rings. The van der Waals surface area contributed by atoms with Crippen molar-refractivity contribution in [2.75, 3.05) is 5.32 Å². The molecule has 0 spiro atoms. The van der Waals surface area contributed by atoms with Crippen molar-refractivity contribution in [3.05, 3.63) is 34.3 Å². The second-order valence-electron chi connectivity index (χ2n) is 4.49. The summed E-state index contributed by atoms with van der Waals surface area (Å²) in [5.74, 6) is -0.116. The highest BCUT2D eigenvalue weighted by atomic mass is 79.9. The van der Waals surface area contributed by atoms with Crippen molar-refractivity contribution in [2.24, 2.45) is 7.05 Å². The van der Waals surface area contributed by atoms with Crippen molar-refractivity contribution in [3.8, 4) is 0 Å². The number of carbonyl (C=O) groups is 1. The Kier molecular flexibility index (Phi) is 4.09. The highest BCUT2D eigenvalue weighted by Crippen LogP contribution is 2.18. The van der Waals surface area contributed by atoms with Gasteiger partial charge in [-0.1, -0.05) is 6.92 Å². The molecule has 0 bridgehead atoms. The van der Waals surface area contributed by atoms with E-state index >= 15 is 0 Å². The number of amides is 1. The molecule has 19 heavy (non-hydrogen) atoms. The highest BCUT2D eigenvalue weighted by Gasteiger charge is 2.14. The minimum absolute atomic E-state index is 0.116. The Morgan fingerprint density at radius 3 is 2.79 bits per heavy atom. The van der Waals surface area contributed by atoms with Crippen LogP contribution in [0.1, 0.15) is 29.5 Å². The Balaban J connectivity index is 2.22. The number of nitrogens with zero attached hydrogens (tertiary/aromatic N) is 3. The Bertz CT molecular complexity index is 600. The van der Waals surface area contributed by atoms with Crippen molar-refractivity contribution in [3.63, 3.8) is 0 Å². The molecule has 6 heteroatoms. The Morgan fingerprint density at radius 2 is 2.21 bits per heavy atom. The SMILES string of the molecule is CCCn1cc(Br)cc1C(=O)Nc1cn(C)nc1C. The van der Waals surface area contributed by atoms with Crippen LogP contribution in [0, 0.1) is 6.92 Å². The smallest absolute Gasteiger partial charge is 0.272 e. The zero-order chi connectivity index (χ0) is 14.0. The minimum Gasteiger partial charge on any atom is -0.342 e. The van der Waals surface area contributed by atoms with Gasteiger partial charge in [-0.05, 0) is 35.3 Å². The highest BCUT2D eigenvalue weighted by molar-refractivity contribution is 9.10. The van der Waals surface area contributed by atoms with Crippen LogP contribution in [0.25, 0.3) is 0 Å². The van der Waals surface area contributed by atoms with Crippen molar-refractivity contribution >= 4 is 27.5 Å². The monoisotopic (exact) mass is 324 g/mol. The van der Waals surface area contributed by atoms with E-state index in [0.717, 1.165) is 28.8 Å². The molecule has 0 fully saturated rings. The summed E-state index contributed by atoms with van der Waals surface area (Å²) in [5.41, 5.74) is 2.20. The van der Waals surface area contributed by atoms with Crippen LogP contribution in [0.4, 0.5) is 5.69 Å². The van der Waals surface area contributed by atoms with E-state index in [1.54, 1.807) is 10.9 Å². The van der Waals surface area contributed by atoms with Gasteiger partial charge in [-0.15, -0.1) is 0 Å². The molecule has 2 aromatic heterocycles. The predicted molar refractivity (Wildman–Crippen MR) is 78.3 cm³/mol. The Labute approximate surface area is 120 Å². The summed E-state index contributed by atoms with van der Waals surface area (Å²) in [5, 5.41) is 7.10. The zero-order valence-corrected chi connectivity index (χ0v) is 12.9. The molecule has 0 aliphatic carbocycles. The summed E-state index contributed by atoms with van der Waals surface area (Å²) in [6.45, 7) is 4.78. The first-order valence-electron chi connectivity index (χ1n) is 6.18. The normalized spacial score (nSPS) is 10.7. The molecule has 0 atom stereocenters. The Morgan fingerprint density at radius 1 is 1.47 bits per heavy atom. The first-order valence-corrected chi connectivity index (χ1v) is 6.97. The summed E-state index contributed by atoms with van der Waals surface area (Å²) in [6, 6.07) is 1.83. The molecule has 0 saturated carbocycles. The second-order valence-corrected chi connectivity index (χ2v) is 5.41. The summed E-state index contributed by atoms with van der Waals surface area (Å²) in [7, 11) is 1.83. The largest absolute Gasteiger partial charge is 0.342 e. The number of anilines is 1. The third-order valence-electron chi connectivity index (χ3n) is 2.82. The average molecular weight is 325 g/mol. The third kappa shape index (κ3) is 3.07. The molecule has 1 N–H and O–H groups in total. The molecule has 2 rings (SSSR count). The van der Waals surface area contributed by atoms with E-state index in [2.05, 4.69) is 33.3 Å². The topological polar surface area (TPSA) is 51.9 Å². The molecule has 102 valence electrons. The molecule has 1 amide bonds. The summed E-state index contributed by atoms with van der Waals surface area (Å²) in [4.78, 5) is 12.3. The molecular formula is C13H17BrN4O. The lowest BCUT2D eigenvalue weighted by molar-refractivity contribution is 0.101. The fraction of sp³-hybridized carbons (Fsp3) is 0.385. The molecule has 2 heterocycles. The number of nitrogens with one attached hydrogen (secondary N) is 1. The van der Waals surface area contributed by atoms with Gasteiger partial charge in [0, 0.05) is 30.5 Å². The van der Waals surface area contributed by atoms with Crippen LogP contribution in [0.5, 0.6) is 0 Å². The fourth-order valence-corrected chi connectivity index (χ4v) is 2.46. The molecule has 5 nitrogen and oxygen atoms in total. The quantitative estimate of drug-likeness (QED) is 0.940. The van der Waals surface area contributed by atoms with E-state index in [0.29, 0.717) is 5.69 Å². The first kappa shape index (κ1) is 13.9. The number of halogens is 1. The summed E-state index contributed by atoms with van der Waals surface area (Å²) < 4.78 is 4.55. The molecule has 0 unspecified atom stereocenters. The van der Waals surface area contributed by atoms with Gasteiger partial charge in [-0.2, -0.15) is 5.10 Å². The second kappa shape index (κ2) is 5.61. The van der Waals surface area contributed by atoms with Gasteiger partial charge < -0.3 is 9.88 Å². The minimum atomic E-state index is -0.116. The van der Waals surface area contributed by atoms with Crippen molar-refractivity contribution in [1.82, 2.24) is 14.3 Å². The van der Waals surface area contributed by atoms with Crippen molar-refractivity contribution < 1.29 is 4.79 Å². The van der Waals surface area contributed by atoms with Crippen LogP contribution in [-0.2, 0) is 13.6 Å². The van der Waals surface area contributed by atoms with Gasteiger partial charge in [0.25, 0.3) is 5.91 Å². The van der Waals surface area contributed by atoms with Crippen molar-refractivity contribution in [1.29, 1.82) is 0 Å². The fourth-order valence-electron chi connectivity index (χ4n) is 2.00. The van der Waals surface area contributed by atoms with Crippen LogP contribution in [0.15, 0.2) is 22.9 Å².